The summed E-state index contributed by atoms with van der Waals surface area (Å²) in [7, 11) is 0. The van der Waals surface area contributed by atoms with Crippen molar-refractivity contribution in [3.05, 3.63) is 23.2 Å². The van der Waals surface area contributed by atoms with Gasteiger partial charge in [0.15, 0.2) is 0 Å². The first-order valence-electron chi connectivity index (χ1n) is 7.74. The van der Waals surface area contributed by atoms with E-state index < -0.39 is 0 Å². The molecule has 0 spiro atoms. The number of nitrogens with one attached hydrogen (secondary N) is 1. The maximum absolute atomic E-state index is 5.90. The van der Waals surface area contributed by atoms with Gasteiger partial charge in [-0.3, -0.25) is 4.90 Å². The molecule has 0 bridgehead atoms. The predicted octanol–water partition coefficient (Wildman–Crippen LogP) is 3.32. The number of hydrogen-bond acceptors (Lipinski definition) is 3. The largest absolute Gasteiger partial charge is 0.465 e. The van der Waals surface area contributed by atoms with Gasteiger partial charge in [-0.05, 0) is 44.8 Å². The fourth-order valence-corrected chi connectivity index (χ4v) is 2.67. The van der Waals surface area contributed by atoms with Crippen LogP contribution in [0.2, 0.25) is 0 Å². The Morgan fingerprint density at radius 2 is 2.16 bits per heavy atom. The van der Waals surface area contributed by atoms with Crippen molar-refractivity contribution in [3.8, 4) is 0 Å². The van der Waals surface area contributed by atoms with Crippen molar-refractivity contribution in [2.24, 2.45) is 5.92 Å². The molecule has 1 N–H and O–H groups in total. The van der Waals surface area contributed by atoms with Crippen LogP contribution in [0.1, 0.15) is 50.2 Å². The first-order valence-corrected chi connectivity index (χ1v) is 7.74. The van der Waals surface area contributed by atoms with E-state index in [9.17, 15) is 0 Å². The Balaban J connectivity index is 1.88. The molecule has 0 saturated heterocycles. The minimum atomic E-state index is 0.917. The molecule has 3 nitrogen and oxygen atoms in total. The lowest BCUT2D eigenvalue weighted by Gasteiger charge is -2.31. The highest BCUT2D eigenvalue weighted by Gasteiger charge is 2.20. The van der Waals surface area contributed by atoms with Gasteiger partial charge in [-0.1, -0.05) is 20.3 Å². The smallest absolute Gasteiger partial charge is 0.118 e. The van der Waals surface area contributed by atoms with Crippen molar-refractivity contribution in [3.63, 3.8) is 0 Å². The standard InChI is InChI=1S/C16H28N2O/c1-4-17-10-15-9-16(19-13(15)3)12-18(5-2)11-14-7-6-8-14/h9,14,17H,4-8,10-12H2,1-3H3. The van der Waals surface area contributed by atoms with Gasteiger partial charge in [0, 0.05) is 18.7 Å². The summed E-state index contributed by atoms with van der Waals surface area (Å²) >= 11 is 0. The zero-order valence-corrected chi connectivity index (χ0v) is 12.7. The third kappa shape index (κ3) is 4.08. The van der Waals surface area contributed by atoms with Crippen LogP contribution in [0.5, 0.6) is 0 Å². The summed E-state index contributed by atoms with van der Waals surface area (Å²) < 4.78 is 5.90. The van der Waals surface area contributed by atoms with Crippen molar-refractivity contribution in [1.82, 2.24) is 10.2 Å². The van der Waals surface area contributed by atoms with Crippen molar-refractivity contribution in [2.45, 2.75) is 53.1 Å². The Morgan fingerprint density at radius 1 is 1.37 bits per heavy atom. The summed E-state index contributed by atoms with van der Waals surface area (Å²) in [5.74, 6) is 3.11. The van der Waals surface area contributed by atoms with Gasteiger partial charge in [-0.25, -0.2) is 0 Å². The Hall–Kier alpha value is -0.800. The van der Waals surface area contributed by atoms with Crippen LogP contribution in [0.3, 0.4) is 0 Å². The number of rotatable bonds is 8. The highest BCUT2D eigenvalue weighted by Crippen LogP contribution is 2.27. The van der Waals surface area contributed by atoms with Crippen LogP contribution in [0.4, 0.5) is 0 Å². The molecule has 1 fully saturated rings. The lowest BCUT2D eigenvalue weighted by atomic mass is 9.85. The second-order valence-corrected chi connectivity index (χ2v) is 5.70. The second-order valence-electron chi connectivity index (χ2n) is 5.70. The average molecular weight is 264 g/mol. The lowest BCUT2D eigenvalue weighted by molar-refractivity contribution is 0.168. The van der Waals surface area contributed by atoms with E-state index >= 15 is 0 Å². The number of aryl methyl sites for hydroxylation is 1. The molecule has 1 saturated carbocycles. The second kappa shape index (κ2) is 7.11. The van der Waals surface area contributed by atoms with Crippen LogP contribution < -0.4 is 5.32 Å². The molecule has 0 aromatic carbocycles. The van der Waals surface area contributed by atoms with E-state index in [1.165, 1.54) is 31.4 Å². The highest BCUT2D eigenvalue weighted by atomic mass is 16.3. The van der Waals surface area contributed by atoms with Crippen molar-refractivity contribution >= 4 is 0 Å². The molecule has 3 heteroatoms. The Bertz CT molecular complexity index is 382. The average Bonchev–Trinajstić information content (AvgIpc) is 2.70. The molecule has 0 amide bonds. The fourth-order valence-electron chi connectivity index (χ4n) is 2.67. The third-order valence-corrected chi connectivity index (χ3v) is 4.20. The number of nitrogens with zero attached hydrogens (tertiary/aromatic N) is 1. The molecule has 0 unspecified atom stereocenters. The summed E-state index contributed by atoms with van der Waals surface area (Å²) in [5, 5.41) is 3.36. The van der Waals surface area contributed by atoms with Crippen LogP contribution in [0.25, 0.3) is 0 Å². The summed E-state index contributed by atoms with van der Waals surface area (Å²) in [4.78, 5) is 2.51. The molecule has 2 rings (SSSR count). The number of furan rings is 1. The van der Waals surface area contributed by atoms with E-state index in [0.717, 1.165) is 43.6 Å². The summed E-state index contributed by atoms with van der Waals surface area (Å²) in [6.45, 7) is 11.7. The monoisotopic (exact) mass is 264 g/mol. The molecular weight excluding hydrogens is 236 g/mol. The van der Waals surface area contributed by atoms with E-state index in [2.05, 4.69) is 37.1 Å². The minimum Gasteiger partial charge on any atom is -0.465 e. The SMILES string of the molecule is CCNCc1cc(CN(CC)CC2CCC2)oc1C. The molecule has 1 aliphatic carbocycles. The highest BCUT2D eigenvalue weighted by molar-refractivity contribution is 5.20. The first-order chi connectivity index (χ1) is 9.22. The van der Waals surface area contributed by atoms with E-state index in [1.807, 2.05) is 0 Å². The van der Waals surface area contributed by atoms with E-state index in [1.54, 1.807) is 0 Å². The van der Waals surface area contributed by atoms with Crippen LogP contribution in [-0.2, 0) is 13.1 Å². The topological polar surface area (TPSA) is 28.4 Å². The molecule has 1 aromatic rings. The van der Waals surface area contributed by atoms with E-state index in [-0.39, 0.29) is 0 Å². The third-order valence-electron chi connectivity index (χ3n) is 4.20. The summed E-state index contributed by atoms with van der Waals surface area (Å²) in [6.07, 6.45) is 4.26. The quantitative estimate of drug-likeness (QED) is 0.781. The minimum absolute atomic E-state index is 0.917. The molecule has 1 aliphatic rings. The van der Waals surface area contributed by atoms with Gasteiger partial charge >= 0.3 is 0 Å². The Morgan fingerprint density at radius 3 is 2.74 bits per heavy atom. The Kier molecular flexibility index (Phi) is 5.46. The maximum atomic E-state index is 5.90. The Labute approximate surface area is 117 Å². The molecule has 1 aromatic heterocycles. The normalized spacial score (nSPS) is 16.0. The van der Waals surface area contributed by atoms with Gasteiger partial charge in [-0.2, -0.15) is 0 Å². The molecule has 0 atom stereocenters. The lowest BCUT2D eigenvalue weighted by Crippen LogP contribution is -2.31. The van der Waals surface area contributed by atoms with Crippen LogP contribution in [-0.4, -0.2) is 24.5 Å². The van der Waals surface area contributed by atoms with Gasteiger partial charge in [0.2, 0.25) is 0 Å². The molecule has 19 heavy (non-hydrogen) atoms. The predicted molar refractivity (Wildman–Crippen MR) is 79.1 cm³/mol. The van der Waals surface area contributed by atoms with Gasteiger partial charge in [0.25, 0.3) is 0 Å². The van der Waals surface area contributed by atoms with Crippen LogP contribution >= 0.6 is 0 Å². The van der Waals surface area contributed by atoms with Gasteiger partial charge in [-0.15, -0.1) is 0 Å². The molecule has 1 heterocycles. The van der Waals surface area contributed by atoms with Crippen LogP contribution in [0.15, 0.2) is 10.5 Å². The summed E-state index contributed by atoms with van der Waals surface area (Å²) in [5.41, 5.74) is 1.30. The molecular formula is C16H28N2O. The van der Waals surface area contributed by atoms with E-state index in [0.29, 0.717) is 0 Å². The van der Waals surface area contributed by atoms with Crippen molar-refractivity contribution < 1.29 is 4.42 Å². The fraction of sp³-hybridized carbons (Fsp3) is 0.750. The molecule has 0 aliphatic heterocycles. The van der Waals surface area contributed by atoms with E-state index in [4.69, 9.17) is 4.42 Å². The summed E-state index contributed by atoms with van der Waals surface area (Å²) in [6, 6.07) is 2.22. The zero-order chi connectivity index (χ0) is 13.7. The maximum Gasteiger partial charge on any atom is 0.118 e. The van der Waals surface area contributed by atoms with Gasteiger partial charge in [0.05, 0.1) is 6.54 Å². The van der Waals surface area contributed by atoms with Crippen LogP contribution in [0, 0.1) is 12.8 Å². The zero-order valence-electron chi connectivity index (χ0n) is 12.7. The molecule has 108 valence electrons. The van der Waals surface area contributed by atoms with Crippen molar-refractivity contribution in [1.29, 1.82) is 0 Å². The van der Waals surface area contributed by atoms with Gasteiger partial charge in [0.1, 0.15) is 11.5 Å². The van der Waals surface area contributed by atoms with Gasteiger partial charge < -0.3 is 9.73 Å². The first kappa shape index (κ1) is 14.6. The number of hydrogen-bond donors (Lipinski definition) is 1. The molecule has 0 radical (unpaired) electrons. The van der Waals surface area contributed by atoms with Crippen molar-refractivity contribution in [2.75, 3.05) is 19.6 Å².